The van der Waals surface area contributed by atoms with Crippen LogP contribution in [0.25, 0.3) is 0 Å². The molecule has 1 amide bonds. The molecule has 1 aromatic carbocycles. The lowest BCUT2D eigenvalue weighted by Crippen LogP contribution is -2.10. The molecule has 0 aromatic heterocycles. The Labute approximate surface area is 137 Å². The first-order valence-electron chi connectivity index (χ1n) is 7.28. The van der Waals surface area contributed by atoms with Crippen molar-refractivity contribution in [2.45, 2.75) is 51.9 Å². The van der Waals surface area contributed by atoms with E-state index in [1.807, 2.05) is 6.92 Å². The normalized spacial score (nSPS) is 9.86. The van der Waals surface area contributed by atoms with Crippen molar-refractivity contribution in [2.24, 2.45) is 0 Å². The van der Waals surface area contributed by atoms with E-state index < -0.39 is 0 Å². The third-order valence-corrected chi connectivity index (χ3v) is 3.82. The molecule has 0 fully saturated rings. The summed E-state index contributed by atoms with van der Waals surface area (Å²) >= 11 is 11.7. The quantitative estimate of drug-likeness (QED) is 0.483. The maximum atomic E-state index is 11.8. The molecule has 1 N–H and O–H groups in total. The Hall–Kier alpha value is -1.17. The summed E-state index contributed by atoms with van der Waals surface area (Å²) in [5.41, 5.74) is 0.688. The average molecular weight is 326 g/mol. The molecule has 0 atom stereocenters. The van der Waals surface area contributed by atoms with Gasteiger partial charge in [0.15, 0.2) is 0 Å². The number of amides is 1. The van der Waals surface area contributed by atoms with E-state index in [-0.39, 0.29) is 5.91 Å². The number of anilines is 1. The van der Waals surface area contributed by atoms with Gasteiger partial charge in [-0.1, -0.05) is 42.5 Å². The van der Waals surface area contributed by atoms with Crippen molar-refractivity contribution in [3.8, 4) is 11.8 Å². The van der Waals surface area contributed by atoms with Gasteiger partial charge in [-0.15, -0.1) is 11.8 Å². The number of halogens is 2. The number of hydrogen-bond donors (Lipinski definition) is 1. The summed E-state index contributed by atoms with van der Waals surface area (Å²) in [5, 5.41) is 3.77. The Balaban J connectivity index is 2.13. The van der Waals surface area contributed by atoms with Gasteiger partial charge < -0.3 is 5.32 Å². The smallest absolute Gasteiger partial charge is 0.224 e. The third-order valence-electron chi connectivity index (χ3n) is 3.09. The molecule has 0 radical (unpaired) electrons. The van der Waals surface area contributed by atoms with Gasteiger partial charge in [-0.3, -0.25) is 4.79 Å². The largest absolute Gasteiger partial charge is 0.326 e. The number of rotatable bonds is 8. The monoisotopic (exact) mass is 325 g/mol. The second kappa shape index (κ2) is 10.5. The summed E-state index contributed by atoms with van der Waals surface area (Å²) in [4.78, 5) is 11.8. The maximum Gasteiger partial charge on any atom is 0.224 e. The fraction of sp³-hybridized carbons (Fsp3) is 0.471. The van der Waals surface area contributed by atoms with Gasteiger partial charge in [-0.25, -0.2) is 0 Å². The molecule has 0 saturated heterocycles. The van der Waals surface area contributed by atoms with Crippen LogP contribution in [0.4, 0.5) is 5.69 Å². The van der Waals surface area contributed by atoms with Crippen LogP contribution < -0.4 is 5.32 Å². The topological polar surface area (TPSA) is 29.1 Å². The van der Waals surface area contributed by atoms with Crippen LogP contribution in [0.15, 0.2) is 18.2 Å². The van der Waals surface area contributed by atoms with Crippen LogP contribution in [-0.4, -0.2) is 5.91 Å². The molecule has 1 rings (SSSR count). The van der Waals surface area contributed by atoms with Gasteiger partial charge in [-0.2, -0.15) is 0 Å². The van der Waals surface area contributed by atoms with Crippen molar-refractivity contribution >= 4 is 34.8 Å². The highest BCUT2D eigenvalue weighted by Gasteiger charge is 2.04. The van der Waals surface area contributed by atoms with Crippen LogP contribution in [0.5, 0.6) is 0 Å². The third kappa shape index (κ3) is 7.99. The van der Waals surface area contributed by atoms with Crippen LogP contribution in [-0.2, 0) is 4.79 Å². The van der Waals surface area contributed by atoms with Crippen LogP contribution in [0.1, 0.15) is 51.9 Å². The summed E-state index contributed by atoms with van der Waals surface area (Å²) in [6.45, 7) is 1.87. The second-order valence-electron chi connectivity index (χ2n) is 4.87. The zero-order chi connectivity index (χ0) is 15.5. The van der Waals surface area contributed by atoms with Crippen LogP contribution in [0.3, 0.4) is 0 Å². The lowest BCUT2D eigenvalue weighted by molar-refractivity contribution is -0.116. The summed E-state index contributed by atoms with van der Waals surface area (Å²) in [5.74, 6) is 5.97. The lowest BCUT2D eigenvalue weighted by atomic mass is 10.1. The van der Waals surface area contributed by atoms with Crippen molar-refractivity contribution in [1.82, 2.24) is 0 Å². The highest BCUT2D eigenvalue weighted by molar-refractivity contribution is 6.42. The van der Waals surface area contributed by atoms with E-state index in [1.54, 1.807) is 18.2 Å². The molecule has 21 heavy (non-hydrogen) atoms. The van der Waals surface area contributed by atoms with Crippen molar-refractivity contribution < 1.29 is 4.79 Å². The van der Waals surface area contributed by atoms with Crippen LogP contribution in [0.2, 0.25) is 10.0 Å². The number of carbonyl (C=O) groups is 1. The van der Waals surface area contributed by atoms with E-state index in [4.69, 9.17) is 23.2 Å². The zero-order valence-corrected chi connectivity index (χ0v) is 13.9. The molecule has 1 aromatic rings. The number of carbonyl (C=O) groups excluding carboxylic acids is 1. The van der Waals surface area contributed by atoms with Crippen molar-refractivity contribution in [3.05, 3.63) is 28.2 Å². The molecule has 0 saturated carbocycles. The van der Waals surface area contributed by atoms with Crippen molar-refractivity contribution in [2.75, 3.05) is 5.32 Å². The minimum absolute atomic E-state index is 0.0187. The van der Waals surface area contributed by atoms with Crippen LogP contribution in [0, 0.1) is 11.8 Å². The molecule has 0 spiro atoms. The first-order chi connectivity index (χ1) is 10.1. The van der Waals surface area contributed by atoms with Gasteiger partial charge in [-0.05, 0) is 38.0 Å². The molecule has 0 aliphatic heterocycles. The Morgan fingerprint density at radius 1 is 1.10 bits per heavy atom. The Kier molecular flexibility index (Phi) is 8.98. The molecule has 4 heteroatoms. The summed E-state index contributed by atoms with van der Waals surface area (Å²) in [7, 11) is 0. The van der Waals surface area contributed by atoms with E-state index in [2.05, 4.69) is 17.2 Å². The number of nitrogens with one attached hydrogen (secondary N) is 1. The fourth-order valence-electron chi connectivity index (χ4n) is 1.95. The van der Waals surface area contributed by atoms with Gasteiger partial charge in [0.25, 0.3) is 0 Å². The number of benzene rings is 1. The highest BCUT2D eigenvalue weighted by atomic mass is 35.5. The summed E-state index contributed by atoms with van der Waals surface area (Å²) in [6.07, 6.45) is 7.00. The Morgan fingerprint density at radius 2 is 1.81 bits per heavy atom. The average Bonchev–Trinajstić information content (AvgIpc) is 2.46. The molecule has 0 aliphatic rings. The van der Waals surface area contributed by atoms with Crippen molar-refractivity contribution in [1.29, 1.82) is 0 Å². The molecule has 0 bridgehead atoms. The lowest BCUT2D eigenvalue weighted by Gasteiger charge is -2.06. The minimum Gasteiger partial charge on any atom is -0.326 e. The standard InChI is InChI=1S/C17H21Cl2NO/c1-2-3-4-5-6-7-8-9-10-17(21)20-14-11-12-15(18)16(19)13-14/h11-13H,4-10H2,1H3,(H,20,21). The molecule has 114 valence electrons. The summed E-state index contributed by atoms with van der Waals surface area (Å²) < 4.78 is 0. The second-order valence-corrected chi connectivity index (χ2v) is 5.69. The first-order valence-corrected chi connectivity index (χ1v) is 8.03. The van der Waals surface area contributed by atoms with Gasteiger partial charge >= 0.3 is 0 Å². The predicted octanol–water partition coefficient (Wildman–Crippen LogP) is 5.69. The predicted molar refractivity (Wildman–Crippen MR) is 90.9 cm³/mol. The maximum absolute atomic E-state index is 11.8. The zero-order valence-electron chi connectivity index (χ0n) is 12.3. The molecular weight excluding hydrogens is 305 g/mol. The molecular formula is C17H21Cl2NO. The van der Waals surface area contributed by atoms with Gasteiger partial charge in [0, 0.05) is 18.5 Å². The van der Waals surface area contributed by atoms with Crippen molar-refractivity contribution in [3.63, 3.8) is 0 Å². The minimum atomic E-state index is 0.0187. The van der Waals surface area contributed by atoms with Gasteiger partial charge in [0.05, 0.1) is 10.0 Å². The molecule has 0 unspecified atom stereocenters. The molecule has 0 aliphatic carbocycles. The first kappa shape index (κ1) is 17.9. The SMILES string of the molecule is CC#CCCCCCCCC(=O)Nc1ccc(Cl)c(Cl)c1. The summed E-state index contributed by atoms with van der Waals surface area (Å²) in [6, 6.07) is 5.09. The highest BCUT2D eigenvalue weighted by Crippen LogP contribution is 2.25. The van der Waals surface area contributed by atoms with E-state index in [9.17, 15) is 4.79 Å². The molecule has 2 nitrogen and oxygen atoms in total. The van der Waals surface area contributed by atoms with Gasteiger partial charge in [0.2, 0.25) is 5.91 Å². The fourth-order valence-corrected chi connectivity index (χ4v) is 2.25. The van der Waals surface area contributed by atoms with E-state index in [0.29, 0.717) is 22.2 Å². The van der Waals surface area contributed by atoms with E-state index in [1.165, 1.54) is 6.42 Å². The number of unbranched alkanes of at least 4 members (excludes halogenated alkanes) is 5. The Bertz CT molecular complexity index is 517. The van der Waals surface area contributed by atoms with E-state index >= 15 is 0 Å². The number of hydrogen-bond acceptors (Lipinski definition) is 1. The Morgan fingerprint density at radius 3 is 2.52 bits per heavy atom. The van der Waals surface area contributed by atoms with Crippen LogP contribution >= 0.6 is 23.2 Å². The molecule has 0 heterocycles. The van der Waals surface area contributed by atoms with E-state index in [0.717, 1.165) is 32.1 Å². The van der Waals surface area contributed by atoms with Gasteiger partial charge in [0.1, 0.15) is 0 Å².